The summed E-state index contributed by atoms with van der Waals surface area (Å²) >= 11 is 0. The van der Waals surface area contributed by atoms with Crippen LogP contribution in [-0.2, 0) is 4.74 Å². The maximum Gasteiger partial charge on any atom is 0.0578 e. The van der Waals surface area contributed by atoms with Crippen LogP contribution in [0.4, 0.5) is 0 Å². The molecule has 0 bridgehead atoms. The standard InChI is InChI=1S/C10H20O/c1-4-5-10-7-6-8(2)11-9(10)3/h8-10H,4-7H2,1-3H3. The van der Waals surface area contributed by atoms with Gasteiger partial charge in [0.2, 0.25) is 0 Å². The number of hydrogen-bond acceptors (Lipinski definition) is 1. The molecule has 0 aromatic carbocycles. The summed E-state index contributed by atoms with van der Waals surface area (Å²) in [6, 6.07) is 0. The molecule has 0 amide bonds. The maximum absolute atomic E-state index is 5.75. The summed E-state index contributed by atoms with van der Waals surface area (Å²) in [4.78, 5) is 0. The molecule has 1 nitrogen and oxygen atoms in total. The number of ether oxygens (including phenoxy) is 1. The second kappa shape index (κ2) is 4.10. The highest BCUT2D eigenvalue weighted by atomic mass is 16.5. The largest absolute Gasteiger partial charge is 0.375 e. The summed E-state index contributed by atoms with van der Waals surface area (Å²) < 4.78 is 5.75. The van der Waals surface area contributed by atoms with Gasteiger partial charge in [-0.25, -0.2) is 0 Å². The van der Waals surface area contributed by atoms with Crippen molar-refractivity contribution in [3.63, 3.8) is 0 Å². The molecule has 3 atom stereocenters. The summed E-state index contributed by atoms with van der Waals surface area (Å²) in [7, 11) is 0. The molecule has 0 radical (unpaired) electrons. The van der Waals surface area contributed by atoms with Gasteiger partial charge in [-0.3, -0.25) is 0 Å². The highest BCUT2D eigenvalue weighted by Crippen LogP contribution is 2.27. The van der Waals surface area contributed by atoms with Crippen LogP contribution in [0.1, 0.15) is 46.5 Å². The van der Waals surface area contributed by atoms with Crippen molar-refractivity contribution in [3.05, 3.63) is 0 Å². The zero-order valence-electron chi connectivity index (χ0n) is 7.97. The molecule has 3 unspecified atom stereocenters. The van der Waals surface area contributed by atoms with E-state index in [1.165, 1.54) is 25.7 Å². The lowest BCUT2D eigenvalue weighted by molar-refractivity contribution is -0.0666. The van der Waals surface area contributed by atoms with Gasteiger partial charge in [0, 0.05) is 0 Å². The third-order valence-electron chi connectivity index (χ3n) is 2.71. The maximum atomic E-state index is 5.75. The SMILES string of the molecule is CCCC1CCC(C)OC1C. The van der Waals surface area contributed by atoms with Crippen molar-refractivity contribution >= 4 is 0 Å². The van der Waals surface area contributed by atoms with Crippen molar-refractivity contribution in [1.29, 1.82) is 0 Å². The van der Waals surface area contributed by atoms with E-state index in [1.807, 2.05) is 0 Å². The molecule has 1 heterocycles. The van der Waals surface area contributed by atoms with E-state index in [0.717, 1.165) is 5.92 Å². The predicted molar refractivity (Wildman–Crippen MR) is 47.6 cm³/mol. The quantitative estimate of drug-likeness (QED) is 0.597. The van der Waals surface area contributed by atoms with Gasteiger partial charge in [0.25, 0.3) is 0 Å². The molecule has 66 valence electrons. The van der Waals surface area contributed by atoms with Crippen LogP contribution in [0.25, 0.3) is 0 Å². The normalized spacial score (nSPS) is 39.0. The van der Waals surface area contributed by atoms with E-state index >= 15 is 0 Å². The van der Waals surface area contributed by atoms with Crippen LogP contribution in [0.5, 0.6) is 0 Å². The molecule has 0 aromatic heterocycles. The first-order valence-corrected chi connectivity index (χ1v) is 4.89. The highest BCUT2D eigenvalue weighted by Gasteiger charge is 2.24. The predicted octanol–water partition coefficient (Wildman–Crippen LogP) is 2.99. The zero-order chi connectivity index (χ0) is 8.27. The van der Waals surface area contributed by atoms with Crippen molar-refractivity contribution in [2.75, 3.05) is 0 Å². The van der Waals surface area contributed by atoms with Crippen molar-refractivity contribution in [3.8, 4) is 0 Å². The van der Waals surface area contributed by atoms with Crippen LogP contribution in [0, 0.1) is 5.92 Å². The van der Waals surface area contributed by atoms with Crippen LogP contribution in [0.15, 0.2) is 0 Å². The monoisotopic (exact) mass is 156 g/mol. The number of rotatable bonds is 2. The molecule has 0 aromatic rings. The Bertz CT molecular complexity index is 111. The first kappa shape index (κ1) is 9.05. The van der Waals surface area contributed by atoms with Gasteiger partial charge in [0.1, 0.15) is 0 Å². The minimum atomic E-state index is 0.498. The molecule has 0 N–H and O–H groups in total. The Labute approximate surface area is 70.1 Å². The third-order valence-corrected chi connectivity index (χ3v) is 2.71. The third kappa shape index (κ3) is 2.48. The fourth-order valence-electron chi connectivity index (χ4n) is 1.98. The summed E-state index contributed by atoms with van der Waals surface area (Å²) in [6.07, 6.45) is 6.27. The average Bonchev–Trinajstić information content (AvgIpc) is 1.95. The lowest BCUT2D eigenvalue weighted by Crippen LogP contribution is -2.31. The van der Waals surface area contributed by atoms with Gasteiger partial charge in [0.05, 0.1) is 12.2 Å². The Balaban J connectivity index is 2.31. The van der Waals surface area contributed by atoms with Gasteiger partial charge in [-0.15, -0.1) is 0 Å². The first-order valence-electron chi connectivity index (χ1n) is 4.89. The van der Waals surface area contributed by atoms with E-state index < -0.39 is 0 Å². The molecule has 1 saturated heterocycles. The Kier molecular flexibility index (Phi) is 3.38. The minimum Gasteiger partial charge on any atom is -0.375 e. The summed E-state index contributed by atoms with van der Waals surface area (Å²) in [5, 5.41) is 0. The van der Waals surface area contributed by atoms with Crippen LogP contribution >= 0.6 is 0 Å². The summed E-state index contributed by atoms with van der Waals surface area (Å²) in [6.45, 7) is 6.65. The van der Waals surface area contributed by atoms with Crippen LogP contribution in [0.3, 0.4) is 0 Å². The molecular weight excluding hydrogens is 136 g/mol. The Morgan fingerprint density at radius 1 is 1.27 bits per heavy atom. The lowest BCUT2D eigenvalue weighted by atomic mass is 9.89. The van der Waals surface area contributed by atoms with Crippen molar-refractivity contribution < 1.29 is 4.74 Å². The van der Waals surface area contributed by atoms with Gasteiger partial charge >= 0.3 is 0 Å². The average molecular weight is 156 g/mol. The molecule has 1 heteroatoms. The highest BCUT2D eigenvalue weighted by molar-refractivity contribution is 4.73. The van der Waals surface area contributed by atoms with Gasteiger partial charge in [0.15, 0.2) is 0 Å². The molecule has 0 spiro atoms. The molecule has 0 aliphatic carbocycles. The molecular formula is C10H20O. The van der Waals surface area contributed by atoms with Gasteiger partial charge in [-0.2, -0.15) is 0 Å². The van der Waals surface area contributed by atoms with E-state index in [-0.39, 0.29) is 0 Å². The summed E-state index contributed by atoms with van der Waals surface area (Å²) in [5.74, 6) is 0.830. The molecule has 1 fully saturated rings. The van der Waals surface area contributed by atoms with Crippen LogP contribution < -0.4 is 0 Å². The Hall–Kier alpha value is -0.0400. The molecule has 1 aliphatic rings. The van der Waals surface area contributed by atoms with Crippen LogP contribution in [-0.4, -0.2) is 12.2 Å². The van der Waals surface area contributed by atoms with E-state index in [9.17, 15) is 0 Å². The topological polar surface area (TPSA) is 9.23 Å². The lowest BCUT2D eigenvalue weighted by Gasteiger charge is -2.32. The molecule has 1 aliphatic heterocycles. The van der Waals surface area contributed by atoms with Gasteiger partial charge in [-0.05, 0) is 39.0 Å². The van der Waals surface area contributed by atoms with Gasteiger partial charge < -0.3 is 4.74 Å². The van der Waals surface area contributed by atoms with Crippen molar-refractivity contribution in [2.45, 2.75) is 58.7 Å². The molecule has 1 rings (SSSR count). The molecule has 0 saturated carbocycles. The fourth-order valence-corrected chi connectivity index (χ4v) is 1.98. The first-order chi connectivity index (χ1) is 5.24. The van der Waals surface area contributed by atoms with Crippen LogP contribution in [0.2, 0.25) is 0 Å². The van der Waals surface area contributed by atoms with Gasteiger partial charge in [-0.1, -0.05) is 13.3 Å². The summed E-state index contributed by atoms with van der Waals surface area (Å²) in [5.41, 5.74) is 0. The fraction of sp³-hybridized carbons (Fsp3) is 1.00. The van der Waals surface area contributed by atoms with E-state index in [1.54, 1.807) is 0 Å². The Morgan fingerprint density at radius 2 is 2.00 bits per heavy atom. The second-order valence-electron chi connectivity index (χ2n) is 3.78. The number of hydrogen-bond donors (Lipinski definition) is 0. The Morgan fingerprint density at radius 3 is 2.55 bits per heavy atom. The van der Waals surface area contributed by atoms with E-state index in [4.69, 9.17) is 4.74 Å². The molecule has 11 heavy (non-hydrogen) atoms. The van der Waals surface area contributed by atoms with Crippen molar-refractivity contribution in [1.82, 2.24) is 0 Å². The van der Waals surface area contributed by atoms with E-state index in [0.29, 0.717) is 12.2 Å². The van der Waals surface area contributed by atoms with Crippen molar-refractivity contribution in [2.24, 2.45) is 5.92 Å². The van der Waals surface area contributed by atoms with E-state index in [2.05, 4.69) is 20.8 Å². The second-order valence-corrected chi connectivity index (χ2v) is 3.78. The smallest absolute Gasteiger partial charge is 0.0578 e. The minimum absolute atomic E-state index is 0.498. The zero-order valence-corrected chi connectivity index (χ0v) is 7.97.